The molecule has 0 aliphatic carbocycles. The van der Waals surface area contributed by atoms with E-state index in [-0.39, 0.29) is 5.92 Å². The third kappa shape index (κ3) is 4.41. The van der Waals surface area contributed by atoms with Gasteiger partial charge < -0.3 is 10.4 Å². The summed E-state index contributed by atoms with van der Waals surface area (Å²) in [4.78, 5) is 28.2. The molecule has 1 atom stereocenters. The molecular weight excluding hydrogens is 304 g/mol. The number of carboxylic acids is 1. The number of aromatic nitrogens is 1. The SMILES string of the molecule is Cc1nc(-c2ccccc2)ccc1C(=O)N[C@H](CC(C)C)C(=O)O. The second-order valence-corrected chi connectivity index (χ2v) is 6.19. The zero-order valence-electron chi connectivity index (χ0n) is 14.1. The molecule has 0 spiro atoms. The van der Waals surface area contributed by atoms with Crippen LogP contribution in [-0.2, 0) is 4.79 Å². The zero-order chi connectivity index (χ0) is 17.7. The minimum Gasteiger partial charge on any atom is -0.480 e. The molecule has 126 valence electrons. The van der Waals surface area contributed by atoms with Crippen molar-refractivity contribution in [2.75, 3.05) is 0 Å². The van der Waals surface area contributed by atoms with Crippen LogP contribution in [0.3, 0.4) is 0 Å². The Morgan fingerprint density at radius 1 is 1.12 bits per heavy atom. The van der Waals surface area contributed by atoms with E-state index in [4.69, 9.17) is 0 Å². The van der Waals surface area contributed by atoms with Crippen LogP contribution in [0.2, 0.25) is 0 Å². The monoisotopic (exact) mass is 326 g/mol. The number of aryl methyl sites for hydroxylation is 1. The highest BCUT2D eigenvalue weighted by Gasteiger charge is 2.22. The summed E-state index contributed by atoms with van der Waals surface area (Å²) in [6.45, 7) is 5.59. The molecular formula is C19H22N2O3. The fraction of sp³-hybridized carbons (Fsp3) is 0.316. The Morgan fingerprint density at radius 2 is 1.79 bits per heavy atom. The number of aliphatic carboxylic acids is 1. The van der Waals surface area contributed by atoms with Crippen LogP contribution >= 0.6 is 0 Å². The summed E-state index contributed by atoms with van der Waals surface area (Å²) < 4.78 is 0. The number of benzene rings is 1. The van der Waals surface area contributed by atoms with E-state index in [0.717, 1.165) is 11.3 Å². The third-order valence-electron chi connectivity index (χ3n) is 3.71. The molecule has 0 aliphatic heterocycles. The highest BCUT2D eigenvalue weighted by Crippen LogP contribution is 2.18. The standard InChI is InChI=1S/C19H22N2O3/c1-12(2)11-17(19(23)24)21-18(22)15-9-10-16(20-13(15)3)14-7-5-4-6-8-14/h4-10,12,17H,11H2,1-3H3,(H,21,22)(H,23,24)/t17-/m1/s1. The minimum atomic E-state index is -1.02. The van der Waals surface area contributed by atoms with Crippen molar-refractivity contribution in [1.82, 2.24) is 10.3 Å². The van der Waals surface area contributed by atoms with E-state index in [1.165, 1.54) is 0 Å². The Hall–Kier alpha value is -2.69. The molecule has 0 saturated heterocycles. The highest BCUT2D eigenvalue weighted by molar-refractivity contribution is 5.97. The molecule has 1 aromatic heterocycles. The van der Waals surface area contributed by atoms with Gasteiger partial charge in [-0.2, -0.15) is 0 Å². The molecule has 0 aliphatic rings. The van der Waals surface area contributed by atoms with Crippen LogP contribution in [0, 0.1) is 12.8 Å². The van der Waals surface area contributed by atoms with Gasteiger partial charge in [0, 0.05) is 5.56 Å². The summed E-state index contributed by atoms with van der Waals surface area (Å²) in [6.07, 6.45) is 0.385. The zero-order valence-corrected chi connectivity index (χ0v) is 14.1. The summed E-state index contributed by atoms with van der Waals surface area (Å²) in [6, 6.07) is 12.2. The van der Waals surface area contributed by atoms with Crippen molar-refractivity contribution in [2.24, 2.45) is 5.92 Å². The molecule has 0 radical (unpaired) electrons. The van der Waals surface area contributed by atoms with Gasteiger partial charge in [-0.15, -0.1) is 0 Å². The maximum absolute atomic E-state index is 12.4. The molecule has 5 heteroatoms. The number of nitrogens with zero attached hydrogens (tertiary/aromatic N) is 1. The molecule has 1 amide bonds. The van der Waals surface area contributed by atoms with Crippen molar-refractivity contribution in [1.29, 1.82) is 0 Å². The van der Waals surface area contributed by atoms with E-state index in [0.29, 0.717) is 17.7 Å². The van der Waals surface area contributed by atoms with Crippen molar-refractivity contribution in [2.45, 2.75) is 33.2 Å². The van der Waals surface area contributed by atoms with Crippen LogP contribution in [0.15, 0.2) is 42.5 Å². The van der Waals surface area contributed by atoms with E-state index < -0.39 is 17.9 Å². The lowest BCUT2D eigenvalue weighted by Gasteiger charge is -2.17. The maximum Gasteiger partial charge on any atom is 0.326 e. The van der Waals surface area contributed by atoms with Crippen LogP contribution in [0.1, 0.15) is 36.3 Å². The van der Waals surface area contributed by atoms with Crippen molar-refractivity contribution in [3.8, 4) is 11.3 Å². The minimum absolute atomic E-state index is 0.172. The van der Waals surface area contributed by atoms with Crippen molar-refractivity contribution in [3.05, 3.63) is 53.7 Å². The molecule has 2 rings (SSSR count). The number of hydrogen-bond acceptors (Lipinski definition) is 3. The fourth-order valence-electron chi connectivity index (χ4n) is 2.50. The van der Waals surface area contributed by atoms with Crippen LogP contribution in [0.25, 0.3) is 11.3 Å². The largest absolute Gasteiger partial charge is 0.480 e. The van der Waals surface area contributed by atoms with Crippen LogP contribution in [0.4, 0.5) is 0 Å². The van der Waals surface area contributed by atoms with Gasteiger partial charge in [-0.3, -0.25) is 9.78 Å². The van der Waals surface area contributed by atoms with Gasteiger partial charge in [0.1, 0.15) is 6.04 Å². The molecule has 24 heavy (non-hydrogen) atoms. The number of hydrogen-bond donors (Lipinski definition) is 2. The Labute approximate surface area is 141 Å². The summed E-state index contributed by atoms with van der Waals surface area (Å²) in [5.41, 5.74) is 2.71. The number of amides is 1. The van der Waals surface area contributed by atoms with Crippen molar-refractivity contribution in [3.63, 3.8) is 0 Å². The van der Waals surface area contributed by atoms with E-state index in [1.807, 2.05) is 44.2 Å². The highest BCUT2D eigenvalue weighted by atomic mass is 16.4. The first kappa shape index (κ1) is 17.7. The second kappa shape index (κ2) is 7.73. The molecule has 0 fully saturated rings. The summed E-state index contributed by atoms with van der Waals surface area (Å²) in [5, 5.41) is 11.8. The predicted molar refractivity (Wildman–Crippen MR) is 92.8 cm³/mol. The number of nitrogens with one attached hydrogen (secondary N) is 1. The number of rotatable bonds is 6. The lowest BCUT2D eigenvalue weighted by atomic mass is 10.0. The molecule has 2 N–H and O–H groups in total. The Bertz CT molecular complexity index is 727. The van der Waals surface area contributed by atoms with E-state index in [2.05, 4.69) is 10.3 Å². The lowest BCUT2D eigenvalue weighted by molar-refractivity contribution is -0.139. The van der Waals surface area contributed by atoms with Gasteiger partial charge >= 0.3 is 5.97 Å². The van der Waals surface area contributed by atoms with Gasteiger partial charge in [-0.05, 0) is 31.4 Å². The maximum atomic E-state index is 12.4. The summed E-state index contributed by atoms with van der Waals surface area (Å²) in [7, 11) is 0. The molecule has 1 aromatic carbocycles. The average molecular weight is 326 g/mol. The quantitative estimate of drug-likeness (QED) is 0.854. The first-order valence-corrected chi connectivity index (χ1v) is 7.95. The first-order chi connectivity index (χ1) is 11.4. The average Bonchev–Trinajstić information content (AvgIpc) is 2.54. The van der Waals surface area contributed by atoms with Gasteiger partial charge in [-0.1, -0.05) is 44.2 Å². The molecule has 5 nitrogen and oxygen atoms in total. The van der Waals surface area contributed by atoms with Crippen LogP contribution < -0.4 is 5.32 Å². The Kier molecular flexibility index (Phi) is 5.68. The van der Waals surface area contributed by atoms with Gasteiger partial charge in [0.25, 0.3) is 5.91 Å². The Balaban J connectivity index is 2.19. The number of carboxylic acid groups (broad SMARTS) is 1. The van der Waals surface area contributed by atoms with Crippen molar-refractivity contribution < 1.29 is 14.7 Å². The molecule has 0 unspecified atom stereocenters. The molecule has 0 bridgehead atoms. The normalized spacial score (nSPS) is 12.0. The van der Waals surface area contributed by atoms with Gasteiger partial charge in [-0.25, -0.2) is 4.79 Å². The second-order valence-electron chi connectivity index (χ2n) is 6.19. The predicted octanol–water partition coefficient (Wildman–Crippen LogP) is 3.29. The van der Waals surface area contributed by atoms with E-state index in [1.54, 1.807) is 19.1 Å². The third-order valence-corrected chi connectivity index (χ3v) is 3.71. The summed E-state index contributed by atoms with van der Waals surface area (Å²) >= 11 is 0. The van der Waals surface area contributed by atoms with Crippen molar-refractivity contribution >= 4 is 11.9 Å². The topological polar surface area (TPSA) is 79.3 Å². The molecule has 1 heterocycles. The van der Waals surface area contributed by atoms with Gasteiger partial charge in [0.05, 0.1) is 17.0 Å². The smallest absolute Gasteiger partial charge is 0.326 e. The summed E-state index contributed by atoms with van der Waals surface area (Å²) in [5.74, 6) is -1.26. The van der Waals surface area contributed by atoms with E-state index in [9.17, 15) is 14.7 Å². The number of carbonyl (C=O) groups is 2. The number of pyridine rings is 1. The molecule has 2 aromatic rings. The van der Waals surface area contributed by atoms with Gasteiger partial charge in [0.15, 0.2) is 0 Å². The van der Waals surface area contributed by atoms with Gasteiger partial charge in [0.2, 0.25) is 0 Å². The van der Waals surface area contributed by atoms with Crippen LogP contribution in [-0.4, -0.2) is 28.0 Å². The number of carbonyl (C=O) groups excluding carboxylic acids is 1. The first-order valence-electron chi connectivity index (χ1n) is 7.95. The van der Waals surface area contributed by atoms with Crippen LogP contribution in [0.5, 0.6) is 0 Å². The Morgan fingerprint density at radius 3 is 2.33 bits per heavy atom. The fourth-order valence-corrected chi connectivity index (χ4v) is 2.50. The molecule has 0 saturated carbocycles. The lowest BCUT2D eigenvalue weighted by Crippen LogP contribution is -2.41. The van der Waals surface area contributed by atoms with E-state index >= 15 is 0 Å².